The average Bonchev–Trinajstić information content (AvgIpc) is 2.89. The van der Waals surface area contributed by atoms with E-state index in [4.69, 9.17) is 4.74 Å². The van der Waals surface area contributed by atoms with Crippen LogP contribution < -0.4 is 5.32 Å². The van der Waals surface area contributed by atoms with Crippen molar-refractivity contribution in [3.05, 3.63) is 137 Å². The van der Waals surface area contributed by atoms with Gasteiger partial charge in [-0.15, -0.1) is 0 Å². The van der Waals surface area contributed by atoms with E-state index in [9.17, 15) is 13.2 Å². The minimum Gasteiger partial charge on any atom is -0.372 e. The molecule has 4 rings (SSSR count). The topological polar surface area (TPSA) is 72.5 Å². The number of benzene rings is 4. The van der Waals surface area contributed by atoms with Gasteiger partial charge in [0.05, 0.1) is 23.9 Å². The molecule has 5 nitrogen and oxygen atoms in total. The molecule has 0 aromatic heterocycles. The summed E-state index contributed by atoms with van der Waals surface area (Å²) in [5.41, 5.74) is 4.04. The van der Waals surface area contributed by atoms with E-state index in [2.05, 4.69) is 5.32 Å². The molecule has 0 aliphatic carbocycles. The summed E-state index contributed by atoms with van der Waals surface area (Å²) in [6.07, 6.45) is 0. The van der Waals surface area contributed by atoms with Crippen molar-refractivity contribution < 1.29 is 17.9 Å². The number of carbonyl (C=O) groups excluding carboxylic acids is 1. The molecule has 4 aromatic carbocycles. The molecule has 0 fully saturated rings. The Morgan fingerprint density at radius 2 is 1.31 bits per heavy atom. The van der Waals surface area contributed by atoms with E-state index in [1.807, 2.05) is 60.7 Å². The van der Waals surface area contributed by atoms with Crippen molar-refractivity contribution in [3.8, 4) is 0 Å². The Kier molecular flexibility index (Phi) is 8.08. The smallest absolute Gasteiger partial charge is 0.251 e. The van der Waals surface area contributed by atoms with Crippen molar-refractivity contribution in [2.75, 3.05) is 0 Å². The molecule has 0 unspecified atom stereocenters. The number of hydrogen-bond donors (Lipinski definition) is 1. The summed E-state index contributed by atoms with van der Waals surface area (Å²) in [5.74, 6) is -0.448. The van der Waals surface area contributed by atoms with E-state index in [-0.39, 0.29) is 16.6 Å². The van der Waals surface area contributed by atoms with Gasteiger partial charge in [-0.3, -0.25) is 4.79 Å². The minimum absolute atomic E-state index is 0.116. The maximum Gasteiger partial charge on any atom is 0.251 e. The third-order valence-electron chi connectivity index (χ3n) is 5.58. The maximum atomic E-state index is 12.9. The van der Waals surface area contributed by atoms with Crippen LogP contribution >= 0.6 is 0 Å². The van der Waals surface area contributed by atoms with Gasteiger partial charge in [0.2, 0.25) is 0 Å². The molecule has 35 heavy (non-hydrogen) atoms. The molecule has 0 heterocycles. The van der Waals surface area contributed by atoms with Crippen LogP contribution in [0.15, 0.2) is 114 Å². The number of sulfone groups is 1. The number of carbonyl (C=O) groups is 1. The predicted molar refractivity (Wildman–Crippen MR) is 136 cm³/mol. The molecule has 0 saturated heterocycles. The zero-order valence-corrected chi connectivity index (χ0v) is 20.1. The highest BCUT2D eigenvalue weighted by Gasteiger charge is 2.17. The van der Waals surface area contributed by atoms with Crippen LogP contribution in [0.4, 0.5) is 0 Å². The van der Waals surface area contributed by atoms with E-state index in [1.165, 1.54) is 12.1 Å². The standard InChI is InChI=1S/C29H27NO4S/c31-29(25-16-9-17-28(18-25)35(32,33)22-24-12-5-2-6-13-24)30-19-26-14-7-8-15-27(26)21-34-20-23-10-3-1-4-11-23/h1-18H,19-22H2,(H,30,31). The van der Waals surface area contributed by atoms with E-state index in [1.54, 1.807) is 36.4 Å². The SMILES string of the molecule is O=C(NCc1ccccc1COCc1ccccc1)c1cccc(S(=O)(=O)Cc2ccccc2)c1. The molecule has 1 amide bonds. The molecule has 6 heteroatoms. The van der Waals surface area contributed by atoms with Gasteiger partial charge in [-0.05, 0) is 40.5 Å². The summed E-state index contributed by atoms with van der Waals surface area (Å²) in [4.78, 5) is 13.0. The monoisotopic (exact) mass is 485 g/mol. The van der Waals surface area contributed by atoms with Crippen molar-refractivity contribution in [2.24, 2.45) is 0 Å². The number of ether oxygens (including phenoxy) is 1. The van der Waals surface area contributed by atoms with Crippen LogP contribution in [0.3, 0.4) is 0 Å². The fraction of sp³-hybridized carbons (Fsp3) is 0.138. The molecule has 1 N–H and O–H groups in total. The van der Waals surface area contributed by atoms with Gasteiger partial charge in [0.15, 0.2) is 9.84 Å². The molecule has 0 spiro atoms. The Morgan fingerprint density at radius 1 is 0.686 bits per heavy atom. The number of hydrogen-bond acceptors (Lipinski definition) is 4. The first-order valence-electron chi connectivity index (χ1n) is 11.3. The summed E-state index contributed by atoms with van der Waals surface area (Å²) in [6, 6.07) is 32.9. The Bertz CT molecular complexity index is 1370. The van der Waals surface area contributed by atoms with Crippen LogP contribution in [0.2, 0.25) is 0 Å². The molecule has 0 bridgehead atoms. The highest BCUT2D eigenvalue weighted by atomic mass is 32.2. The van der Waals surface area contributed by atoms with Gasteiger partial charge in [0.1, 0.15) is 0 Å². The molecule has 0 atom stereocenters. The zero-order chi connectivity index (χ0) is 24.5. The van der Waals surface area contributed by atoms with E-state index >= 15 is 0 Å². The number of rotatable bonds is 10. The lowest BCUT2D eigenvalue weighted by Crippen LogP contribution is -2.23. The van der Waals surface area contributed by atoms with Gasteiger partial charge in [-0.2, -0.15) is 0 Å². The van der Waals surface area contributed by atoms with Crippen molar-refractivity contribution in [2.45, 2.75) is 30.4 Å². The Morgan fingerprint density at radius 3 is 2.03 bits per heavy atom. The predicted octanol–water partition coefficient (Wildman–Crippen LogP) is 5.31. The number of nitrogens with one attached hydrogen (secondary N) is 1. The van der Waals surface area contributed by atoms with Crippen molar-refractivity contribution >= 4 is 15.7 Å². The van der Waals surface area contributed by atoms with Gasteiger partial charge in [-0.25, -0.2) is 8.42 Å². The summed E-state index contributed by atoms with van der Waals surface area (Å²) < 4.78 is 31.6. The number of amides is 1. The highest BCUT2D eigenvalue weighted by Crippen LogP contribution is 2.18. The largest absolute Gasteiger partial charge is 0.372 e. The van der Waals surface area contributed by atoms with Gasteiger partial charge < -0.3 is 10.1 Å². The van der Waals surface area contributed by atoms with Crippen molar-refractivity contribution in [1.82, 2.24) is 5.32 Å². The fourth-order valence-electron chi connectivity index (χ4n) is 3.71. The normalized spacial score (nSPS) is 11.2. The Balaban J connectivity index is 1.38. The van der Waals surface area contributed by atoms with Crippen LogP contribution in [-0.2, 0) is 40.1 Å². The minimum atomic E-state index is -3.57. The maximum absolute atomic E-state index is 12.9. The first kappa shape index (κ1) is 24.4. The third-order valence-corrected chi connectivity index (χ3v) is 7.27. The quantitative estimate of drug-likeness (QED) is 0.331. The van der Waals surface area contributed by atoms with E-state index < -0.39 is 9.84 Å². The Hall–Kier alpha value is -3.74. The molecular formula is C29H27NO4S. The zero-order valence-electron chi connectivity index (χ0n) is 19.3. The average molecular weight is 486 g/mol. The van der Waals surface area contributed by atoms with Crippen LogP contribution in [0.1, 0.15) is 32.6 Å². The van der Waals surface area contributed by atoms with Crippen molar-refractivity contribution in [1.29, 1.82) is 0 Å². The second-order valence-corrected chi connectivity index (χ2v) is 10.2. The Labute approximate surface area is 206 Å². The molecule has 0 radical (unpaired) electrons. The second-order valence-electron chi connectivity index (χ2n) is 8.20. The van der Waals surface area contributed by atoms with Gasteiger partial charge in [0.25, 0.3) is 5.91 Å². The van der Waals surface area contributed by atoms with E-state index in [0.717, 1.165) is 16.7 Å². The summed E-state index contributed by atoms with van der Waals surface area (Å²) in [5, 5.41) is 2.90. The van der Waals surface area contributed by atoms with Crippen LogP contribution in [0.25, 0.3) is 0 Å². The van der Waals surface area contributed by atoms with Gasteiger partial charge in [0, 0.05) is 12.1 Å². The molecular weight excluding hydrogens is 458 g/mol. The van der Waals surface area contributed by atoms with Gasteiger partial charge >= 0.3 is 0 Å². The molecule has 0 saturated carbocycles. The first-order chi connectivity index (χ1) is 17.0. The lowest BCUT2D eigenvalue weighted by atomic mass is 10.1. The summed E-state index contributed by atoms with van der Waals surface area (Å²) in [7, 11) is -3.57. The van der Waals surface area contributed by atoms with Crippen LogP contribution in [-0.4, -0.2) is 14.3 Å². The summed E-state index contributed by atoms with van der Waals surface area (Å²) in [6.45, 7) is 1.24. The lowest BCUT2D eigenvalue weighted by Gasteiger charge is -2.12. The van der Waals surface area contributed by atoms with Crippen LogP contribution in [0.5, 0.6) is 0 Å². The molecule has 178 valence electrons. The van der Waals surface area contributed by atoms with E-state index in [0.29, 0.717) is 30.9 Å². The highest BCUT2D eigenvalue weighted by molar-refractivity contribution is 7.90. The first-order valence-corrected chi connectivity index (χ1v) is 13.0. The molecule has 0 aliphatic rings. The third kappa shape index (κ3) is 6.88. The van der Waals surface area contributed by atoms with Gasteiger partial charge in [-0.1, -0.05) is 91.0 Å². The van der Waals surface area contributed by atoms with Crippen molar-refractivity contribution in [3.63, 3.8) is 0 Å². The fourth-order valence-corrected chi connectivity index (χ4v) is 5.10. The lowest BCUT2D eigenvalue weighted by molar-refractivity contribution is 0.0947. The molecule has 4 aromatic rings. The summed E-state index contributed by atoms with van der Waals surface area (Å²) >= 11 is 0. The second kappa shape index (κ2) is 11.6. The molecule has 0 aliphatic heterocycles. The van der Waals surface area contributed by atoms with Crippen LogP contribution in [0, 0.1) is 0 Å².